The van der Waals surface area contributed by atoms with Crippen LogP contribution in [0.1, 0.15) is 16.7 Å². The van der Waals surface area contributed by atoms with Gasteiger partial charge in [0.1, 0.15) is 5.84 Å². The van der Waals surface area contributed by atoms with Gasteiger partial charge in [-0.2, -0.15) is 0 Å². The van der Waals surface area contributed by atoms with Crippen LogP contribution in [0.5, 0.6) is 0 Å². The summed E-state index contributed by atoms with van der Waals surface area (Å²) in [5.41, 5.74) is 4.04. The molecule has 0 bridgehead atoms. The van der Waals surface area contributed by atoms with Gasteiger partial charge in [0.25, 0.3) is 0 Å². The van der Waals surface area contributed by atoms with Crippen molar-refractivity contribution in [2.24, 2.45) is 4.99 Å². The van der Waals surface area contributed by atoms with Gasteiger partial charge in [-0.3, -0.25) is 4.99 Å². The molecule has 3 aromatic rings. The van der Waals surface area contributed by atoms with Gasteiger partial charge in [0.15, 0.2) is 0 Å². The Labute approximate surface area is 136 Å². The Morgan fingerprint density at radius 3 is 2.43 bits per heavy atom. The second kappa shape index (κ2) is 6.25. The molecule has 1 aliphatic rings. The predicted molar refractivity (Wildman–Crippen MR) is 97.2 cm³/mol. The fourth-order valence-electron chi connectivity index (χ4n) is 3.33. The molecule has 1 aliphatic heterocycles. The van der Waals surface area contributed by atoms with E-state index in [0.29, 0.717) is 0 Å². The summed E-state index contributed by atoms with van der Waals surface area (Å²) in [6, 6.07) is 23.8. The van der Waals surface area contributed by atoms with Gasteiger partial charge in [0.05, 0.1) is 6.54 Å². The van der Waals surface area contributed by atoms with Gasteiger partial charge in [-0.1, -0.05) is 66.7 Å². The highest BCUT2D eigenvalue weighted by atomic mass is 15.1. The van der Waals surface area contributed by atoms with Crippen molar-refractivity contribution in [1.29, 1.82) is 0 Å². The van der Waals surface area contributed by atoms with Crippen LogP contribution in [0.2, 0.25) is 0 Å². The van der Waals surface area contributed by atoms with Crippen molar-refractivity contribution in [3.63, 3.8) is 0 Å². The molecule has 0 saturated carbocycles. The highest BCUT2D eigenvalue weighted by molar-refractivity contribution is 6.01. The van der Waals surface area contributed by atoms with Crippen LogP contribution in [0.15, 0.2) is 71.7 Å². The summed E-state index contributed by atoms with van der Waals surface area (Å²) in [5.74, 6) is 1.05. The molecule has 0 amide bonds. The number of rotatable bonds is 4. The molecule has 0 unspecified atom stereocenters. The smallest absolute Gasteiger partial charge is 0.128 e. The van der Waals surface area contributed by atoms with E-state index < -0.39 is 0 Å². The normalized spacial score (nSPS) is 13.8. The second-order valence-corrected chi connectivity index (χ2v) is 5.95. The fraction of sp³-hybridized carbons (Fsp3) is 0.190. The molecule has 4 rings (SSSR count). The van der Waals surface area contributed by atoms with E-state index in [-0.39, 0.29) is 0 Å². The number of hydrogen-bond donors (Lipinski definition) is 1. The Bertz CT molecular complexity index is 859. The van der Waals surface area contributed by atoms with Crippen LogP contribution in [-0.4, -0.2) is 18.9 Å². The number of benzene rings is 3. The quantitative estimate of drug-likeness (QED) is 0.774. The van der Waals surface area contributed by atoms with Crippen LogP contribution in [0.3, 0.4) is 0 Å². The lowest BCUT2D eigenvalue weighted by Crippen LogP contribution is -2.21. The van der Waals surface area contributed by atoms with Crippen LogP contribution >= 0.6 is 0 Å². The molecule has 0 aromatic heterocycles. The summed E-state index contributed by atoms with van der Waals surface area (Å²) in [6.07, 6.45) is 2.08. The number of fused-ring (bicyclic) bond motifs is 1. The first-order chi connectivity index (χ1) is 11.4. The highest BCUT2D eigenvalue weighted by Gasteiger charge is 2.12. The largest absolute Gasteiger partial charge is 0.368 e. The minimum atomic E-state index is 0.882. The van der Waals surface area contributed by atoms with Crippen molar-refractivity contribution in [2.45, 2.75) is 12.8 Å². The Kier molecular flexibility index (Phi) is 3.81. The van der Waals surface area contributed by atoms with Crippen molar-refractivity contribution >= 4 is 16.6 Å². The first-order valence-corrected chi connectivity index (χ1v) is 8.25. The third-order valence-corrected chi connectivity index (χ3v) is 4.49. The van der Waals surface area contributed by atoms with Gasteiger partial charge in [-0.25, -0.2) is 0 Å². The summed E-state index contributed by atoms with van der Waals surface area (Å²) >= 11 is 0. The van der Waals surface area contributed by atoms with E-state index in [4.69, 9.17) is 0 Å². The first-order valence-electron chi connectivity index (χ1n) is 8.25. The van der Waals surface area contributed by atoms with E-state index in [2.05, 4.69) is 77.0 Å². The molecule has 0 spiro atoms. The maximum atomic E-state index is 4.58. The molecule has 3 aromatic carbocycles. The monoisotopic (exact) mass is 300 g/mol. The standard InChI is InChI=1S/C21H20N2/c1-3-10-19-16(6-1)8-5-9-17(19)12-13-18-7-2-4-11-20(18)21-22-14-15-23-21/h1-11H,12-15H2,(H,22,23). The zero-order chi connectivity index (χ0) is 15.5. The number of nitrogens with zero attached hydrogens (tertiary/aromatic N) is 1. The van der Waals surface area contributed by atoms with Crippen LogP contribution in [-0.2, 0) is 12.8 Å². The Morgan fingerprint density at radius 1 is 0.783 bits per heavy atom. The van der Waals surface area contributed by atoms with Gasteiger partial charge in [0.2, 0.25) is 0 Å². The van der Waals surface area contributed by atoms with Crippen LogP contribution in [0.25, 0.3) is 10.8 Å². The SMILES string of the molecule is c1ccc(C2=NCCN2)c(CCc2cccc3ccccc23)c1. The van der Waals surface area contributed by atoms with E-state index in [1.807, 2.05) is 0 Å². The molecule has 2 heteroatoms. The van der Waals surface area contributed by atoms with Crippen molar-refractivity contribution in [1.82, 2.24) is 5.32 Å². The summed E-state index contributed by atoms with van der Waals surface area (Å²) < 4.78 is 0. The molecule has 0 aliphatic carbocycles. The molecule has 0 saturated heterocycles. The molecular formula is C21H20N2. The van der Waals surface area contributed by atoms with Gasteiger partial charge >= 0.3 is 0 Å². The third-order valence-electron chi connectivity index (χ3n) is 4.49. The highest BCUT2D eigenvalue weighted by Crippen LogP contribution is 2.21. The summed E-state index contributed by atoms with van der Waals surface area (Å²) in [5, 5.41) is 6.08. The van der Waals surface area contributed by atoms with Crippen molar-refractivity contribution in [2.75, 3.05) is 13.1 Å². The molecule has 114 valence electrons. The molecular weight excluding hydrogens is 280 g/mol. The zero-order valence-electron chi connectivity index (χ0n) is 13.1. The Hall–Kier alpha value is -2.61. The van der Waals surface area contributed by atoms with E-state index in [1.54, 1.807) is 0 Å². The maximum Gasteiger partial charge on any atom is 0.128 e. The van der Waals surface area contributed by atoms with E-state index in [0.717, 1.165) is 31.8 Å². The minimum absolute atomic E-state index is 0.882. The fourth-order valence-corrected chi connectivity index (χ4v) is 3.33. The maximum absolute atomic E-state index is 4.58. The van der Waals surface area contributed by atoms with Crippen molar-refractivity contribution < 1.29 is 0 Å². The summed E-state index contributed by atoms with van der Waals surface area (Å²) in [6.45, 7) is 1.83. The molecule has 0 radical (unpaired) electrons. The van der Waals surface area contributed by atoms with E-state index >= 15 is 0 Å². The molecule has 23 heavy (non-hydrogen) atoms. The average molecular weight is 300 g/mol. The second-order valence-electron chi connectivity index (χ2n) is 5.95. The number of aryl methyl sites for hydroxylation is 2. The van der Waals surface area contributed by atoms with Crippen LogP contribution < -0.4 is 5.32 Å². The lowest BCUT2D eigenvalue weighted by Gasteiger charge is -2.11. The number of nitrogens with one attached hydrogen (secondary N) is 1. The van der Waals surface area contributed by atoms with Gasteiger partial charge in [0, 0.05) is 12.1 Å². The minimum Gasteiger partial charge on any atom is -0.368 e. The third kappa shape index (κ3) is 2.85. The molecule has 1 heterocycles. The predicted octanol–water partition coefficient (Wildman–Crippen LogP) is 3.97. The van der Waals surface area contributed by atoms with Crippen LogP contribution in [0, 0.1) is 0 Å². The Balaban J connectivity index is 1.62. The number of aliphatic imine (C=N–C) groups is 1. The molecule has 2 nitrogen and oxygen atoms in total. The van der Waals surface area contributed by atoms with E-state index in [9.17, 15) is 0 Å². The summed E-state index contributed by atoms with van der Waals surface area (Å²) in [7, 11) is 0. The topological polar surface area (TPSA) is 24.4 Å². The number of amidine groups is 1. The molecule has 0 fully saturated rings. The van der Waals surface area contributed by atoms with Gasteiger partial charge in [-0.15, -0.1) is 0 Å². The van der Waals surface area contributed by atoms with Crippen LogP contribution in [0.4, 0.5) is 0 Å². The molecule has 1 N–H and O–H groups in total. The number of hydrogen-bond acceptors (Lipinski definition) is 2. The lowest BCUT2D eigenvalue weighted by molar-refractivity contribution is 0.950. The Morgan fingerprint density at radius 2 is 1.52 bits per heavy atom. The average Bonchev–Trinajstić information content (AvgIpc) is 3.14. The lowest BCUT2D eigenvalue weighted by atomic mass is 9.96. The first kappa shape index (κ1) is 14.0. The zero-order valence-corrected chi connectivity index (χ0v) is 13.1. The summed E-state index contributed by atoms with van der Waals surface area (Å²) in [4.78, 5) is 4.58. The van der Waals surface area contributed by atoms with Gasteiger partial charge < -0.3 is 5.32 Å². The van der Waals surface area contributed by atoms with E-state index in [1.165, 1.54) is 27.5 Å². The van der Waals surface area contributed by atoms with Crippen molar-refractivity contribution in [3.8, 4) is 0 Å². The molecule has 0 atom stereocenters. The van der Waals surface area contributed by atoms with Gasteiger partial charge in [-0.05, 0) is 34.7 Å². The van der Waals surface area contributed by atoms with Crippen molar-refractivity contribution in [3.05, 3.63) is 83.4 Å².